The Hall–Kier alpha value is -5.49. The van der Waals surface area contributed by atoms with Crippen LogP contribution in [0.25, 0.3) is 0 Å². The molecule has 3 aromatic rings. The SMILES string of the molecule is COc1cccc2c1C(=O)c1c(O)c3c(c(O)c1C2=O)C[C@@](O)(C(=O)COC(=O)CCC(=O)On1c(O)ccc1O)C[C@@H]3OC1C[C@@H](C)[C@@H](O)[C@@H](N)C1. The van der Waals surface area contributed by atoms with Gasteiger partial charge in [-0.05, 0) is 24.8 Å². The number of aromatic hydroxyl groups is 4. The van der Waals surface area contributed by atoms with Crippen LogP contribution in [0.15, 0.2) is 30.3 Å². The third-order valence-corrected chi connectivity index (χ3v) is 10.0. The van der Waals surface area contributed by atoms with Crippen molar-refractivity contribution in [2.75, 3.05) is 13.7 Å². The molecule has 6 atom stereocenters. The number of nitrogens with zero attached hydrogens (tertiary/aromatic N) is 1. The molecule has 6 rings (SSSR count). The van der Waals surface area contributed by atoms with Gasteiger partial charge in [-0.3, -0.25) is 19.2 Å². The standard InChI is InChI=1S/C36H38N2O15/c1-15-10-16(11-19(37)31(15)44)52-21-13-36(49,22(39)14-51-25(42)8-9-26(43)53-38-23(40)6-7-24(38)41)12-18-28(21)35(48)30-29(33(18)46)32(45)17-4-3-5-20(50-2)27(17)34(30)47/h3-7,15-16,19,21,31,40-41,44,46,48-49H,8-14,37H2,1-2H3/t15-,16?,19+,21+,31-,36+/m1/s1. The van der Waals surface area contributed by atoms with E-state index < -0.39 is 126 Å². The van der Waals surface area contributed by atoms with Crippen LogP contribution in [0.4, 0.5) is 0 Å². The normalized spacial score (nSPS) is 24.8. The van der Waals surface area contributed by atoms with Crippen molar-refractivity contribution in [3.8, 4) is 29.0 Å². The highest BCUT2D eigenvalue weighted by molar-refractivity contribution is 6.31. The number of carbonyl (C=O) groups is 5. The van der Waals surface area contributed by atoms with E-state index in [4.69, 9.17) is 24.8 Å². The topological polar surface area (TPSA) is 275 Å². The fraction of sp³-hybridized carbons (Fsp3) is 0.417. The molecule has 17 nitrogen and oxygen atoms in total. The van der Waals surface area contributed by atoms with Crippen molar-refractivity contribution in [1.29, 1.82) is 0 Å². The maximum Gasteiger partial charge on any atom is 0.333 e. The third-order valence-electron chi connectivity index (χ3n) is 10.0. The van der Waals surface area contributed by atoms with Gasteiger partial charge in [-0.1, -0.05) is 19.1 Å². The number of aliphatic hydroxyl groups is 2. The van der Waals surface area contributed by atoms with Crippen LogP contribution in [-0.4, -0.2) is 102 Å². The van der Waals surface area contributed by atoms with E-state index in [2.05, 4.69) is 0 Å². The number of phenols is 2. The van der Waals surface area contributed by atoms with E-state index >= 15 is 0 Å². The molecule has 0 spiro atoms. The highest BCUT2D eigenvalue weighted by Gasteiger charge is 2.50. The zero-order chi connectivity index (χ0) is 38.5. The van der Waals surface area contributed by atoms with Gasteiger partial charge < -0.3 is 55.4 Å². The summed E-state index contributed by atoms with van der Waals surface area (Å²) < 4.78 is 17.1. The van der Waals surface area contributed by atoms with Crippen molar-refractivity contribution in [2.45, 2.75) is 75.4 Å². The van der Waals surface area contributed by atoms with E-state index in [1.165, 1.54) is 25.3 Å². The summed E-state index contributed by atoms with van der Waals surface area (Å²) >= 11 is 0. The molecule has 1 aromatic heterocycles. The van der Waals surface area contributed by atoms with Crippen molar-refractivity contribution in [3.63, 3.8) is 0 Å². The number of aliphatic hydroxyl groups excluding tert-OH is 1. The molecule has 17 heteroatoms. The summed E-state index contributed by atoms with van der Waals surface area (Å²) in [7, 11) is 1.30. The second-order valence-electron chi connectivity index (χ2n) is 13.5. The number of benzene rings is 2. The van der Waals surface area contributed by atoms with Crippen LogP contribution in [0, 0.1) is 5.92 Å². The number of ketones is 3. The highest BCUT2D eigenvalue weighted by atomic mass is 16.7. The molecular weight excluding hydrogens is 700 g/mol. The highest BCUT2D eigenvalue weighted by Crippen LogP contribution is 2.52. The molecule has 1 heterocycles. The second-order valence-corrected chi connectivity index (χ2v) is 13.5. The summed E-state index contributed by atoms with van der Waals surface area (Å²) in [5.41, 5.74) is 2.07. The lowest BCUT2D eigenvalue weighted by atomic mass is 9.71. The average Bonchev–Trinajstić information content (AvgIpc) is 3.43. The summed E-state index contributed by atoms with van der Waals surface area (Å²) in [5.74, 6) is -7.63. The lowest BCUT2D eigenvalue weighted by molar-refractivity contribution is -0.161. The molecule has 53 heavy (non-hydrogen) atoms. The van der Waals surface area contributed by atoms with Crippen molar-refractivity contribution in [1.82, 2.24) is 4.73 Å². The number of aromatic nitrogens is 1. The van der Waals surface area contributed by atoms with E-state index in [0.29, 0.717) is 4.73 Å². The van der Waals surface area contributed by atoms with Gasteiger partial charge in [-0.25, -0.2) is 4.79 Å². The van der Waals surface area contributed by atoms with Crippen LogP contribution in [-0.2, 0) is 30.3 Å². The first-order valence-electron chi connectivity index (χ1n) is 16.7. The molecule has 1 saturated carbocycles. The minimum Gasteiger partial charge on any atom is -0.507 e. The average molecular weight is 739 g/mol. The van der Waals surface area contributed by atoms with Crippen LogP contribution in [0.3, 0.4) is 0 Å². The zero-order valence-electron chi connectivity index (χ0n) is 28.6. The molecule has 2 aromatic carbocycles. The summed E-state index contributed by atoms with van der Waals surface area (Å²) in [6, 6.07) is 5.71. The number of carbonyl (C=O) groups excluding carboxylic acids is 5. The van der Waals surface area contributed by atoms with Crippen LogP contribution < -0.4 is 15.3 Å². The van der Waals surface area contributed by atoms with E-state index in [0.717, 1.165) is 12.1 Å². The molecule has 8 N–H and O–H groups in total. The number of nitrogens with two attached hydrogens (primary N) is 1. The van der Waals surface area contributed by atoms with Gasteiger partial charge in [0.05, 0.1) is 55.0 Å². The lowest BCUT2D eigenvalue weighted by Crippen LogP contribution is -2.50. The summed E-state index contributed by atoms with van der Waals surface area (Å²) in [6.07, 6.45) is -4.86. The van der Waals surface area contributed by atoms with Crippen LogP contribution in [0.2, 0.25) is 0 Å². The van der Waals surface area contributed by atoms with Gasteiger partial charge in [0.2, 0.25) is 23.3 Å². The fourth-order valence-electron chi connectivity index (χ4n) is 7.31. The number of ether oxygens (including phenoxy) is 3. The number of hydrogen-bond acceptors (Lipinski definition) is 16. The molecule has 1 unspecified atom stereocenters. The number of rotatable bonds is 10. The van der Waals surface area contributed by atoms with Crippen molar-refractivity contribution >= 4 is 29.3 Å². The molecule has 0 bridgehead atoms. The van der Waals surface area contributed by atoms with Gasteiger partial charge in [-0.15, -0.1) is 4.73 Å². The fourth-order valence-corrected chi connectivity index (χ4v) is 7.31. The maximum atomic E-state index is 13.9. The lowest BCUT2D eigenvalue weighted by Gasteiger charge is -2.42. The minimum absolute atomic E-state index is 0.0607. The predicted molar refractivity (Wildman–Crippen MR) is 177 cm³/mol. The van der Waals surface area contributed by atoms with Gasteiger partial charge >= 0.3 is 11.9 Å². The Balaban J connectivity index is 1.28. The predicted octanol–water partition coefficient (Wildman–Crippen LogP) is 0.864. The Morgan fingerprint density at radius 3 is 2.25 bits per heavy atom. The Kier molecular flexibility index (Phi) is 9.95. The third kappa shape index (κ3) is 6.67. The number of phenolic OH excluding ortho intramolecular Hbond substituents is 2. The van der Waals surface area contributed by atoms with Gasteiger partial charge in [0.15, 0.2) is 12.4 Å². The number of hydrogen-bond donors (Lipinski definition) is 7. The molecular formula is C36H38N2O15. The molecule has 0 aliphatic heterocycles. The number of fused-ring (bicyclic) bond motifs is 3. The molecule has 3 aliphatic carbocycles. The van der Waals surface area contributed by atoms with Crippen molar-refractivity contribution < 1.29 is 73.7 Å². The van der Waals surface area contributed by atoms with Crippen LogP contribution in [0.5, 0.6) is 29.0 Å². The molecule has 0 saturated heterocycles. The second kappa shape index (κ2) is 14.1. The Morgan fingerprint density at radius 2 is 1.58 bits per heavy atom. The largest absolute Gasteiger partial charge is 0.507 e. The maximum absolute atomic E-state index is 13.9. The molecule has 0 radical (unpaired) electrons. The van der Waals surface area contributed by atoms with E-state index in [-0.39, 0.29) is 46.8 Å². The van der Waals surface area contributed by atoms with E-state index in [9.17, 15) is 54.6 Å². The van der Waals surface area contributed by atoms with Gasteiger partial charge in [0, 0.05) is 47.7 Å². The van der Waals surface area contributed by atoms with Crippen LogP contribution >= 0.6 is 0 Å². The van der Waals surface area contributed by atoms with E-state index in [1.807, 2.05) is 0 Å². The number of Topliss-reactive ketones (excluding diaryl/α,β-unsaturated/α-hetero) is 1. The Morgan fingerprint density at radius 1 is 0.925 bits per heavy atom. The van der Waals surface area contributed by atoms with Gasteiger partial charge in [0.25, 0.3) is 0 Å². The Bertz CT molecular complexity index is 1990. The summed E-state index contributed by atoms with van der Waals surface area (Å²) in [5, 5.41) is 64.9. The molecule has 1 fully saturated rings. The first-order valence-corrected chi connectivity index (χ1v) is 16.7. The molecule has 0 amide bonds. The molecule has 282 valence electrons. The molecule has 3 aliphatic rings. The van der Waals surface area contributed by atoms with Gasteiger partial charge in [-0.2, -0.15) is 0 Å². The minimum atomic E-state index is -2.41. The first kappa shape index (κ1) is 37.3. The summed E-state index contributed by atoms with van der Waals surface area (Å²) in [4.78, 5) is 70.7. The Labute approximate surface area is 301 Å². The zero-order valence-corrected chi connectivity index (χ0v) is 28.6. The van der Waals surface area contributed by atoms with Gasteiger partial charge in [0.1, 0.15) is 22.8 Å². The monoisotopic (exact) mass is 738 g/mol. The van der Waals surface area contributed by atoms with Crippen molar-refractivity contribution in [2.24, 2.45) is 11.7 Å². The van der Waals surface area contributed by atoms with E-state index in [1.54, 1.807) is 6.92 Å². The number of esters is 1. The quantitative estimate of drug-likeness (QED) is 0.0878. The first-order chi connectivity index (χ1) is 25.1. The smallest absolute Gasteiger partial charge is 0.333 e. The van der Waals surface area contributed by atoms with Crippen molar-refractivity contribution in [3.05, 3.63) is 63.7 Å². The van der Waals surface area contributed by atoms with Crippen LogP contribution in [0.1, 0.15) is 88.1 Å². The number of methoxy groups -OCH3 is 1. The summed E-state index contributed by atoms with van der Waals surface area (Å²) in [6.45, 7) is 0.761.